The van der Waals surface area contributed by atoms with Crippen molar-refractivity contribution in [2.24, 2.45) is 0 Å². The van der Waals surface area contributed by atoms with E-state index in [0.29, 0.717) is 42.2 Å². The Balaban J connectivity index is 1.89. The molecule has 2 aromatic carbocycles. The highest BCUT2D eigenvalue weighted by Gasteiger charge is 2.55. The normalized spacial score (nSPS) is 16.0. The van der Waals surface area contributed by atoms with E-state index in [9.17, 15) is 9.59 Å². The average Bonchev–Trinajstić information content (AvgIpc) is 3.42. The van der Waals surface area contributed by atoms with Crippen LogP contribution in [0.4, 0.5) is 0 Å². The highest BCUT2D eigenvalue weighted by atomic mass is 16.6. The average molecular weight is 383 g/mol. The van der Waals surface area contributed by atoms with E-state index < -0.39 is 11.6 Å². The molecule has 0 aromatic heterocycles. The number of rotatable bonds is 6. The van der Waals surface area contributed by atoms with E-state index in [2.05, 4.69) is 5.32 Å². The Kier molecular flexibility index (Phi) is 4.37. The third kappa shape index (κ3) is 2.74. The summed E-state index contributed by atoms with van der Waals surface area (Å²) in [6.45, 7) is 0.431. The van der Waals surface area contributed by atoms with Gasteiger partial charge in [-0.3, -0.25) is 4.79 Å². The van der Waals surface area contributed by atoms with Crippen LogP contribution in [0.1, 0.15) is 28.8 Å². The minimum Gasteiger partial charge on any atom is -0.493 e. The first-order valence-corrected chi connectivity index (χ1v) is 8.97. The fourth-order valence-electron chi connectivity index (χ4n) is 3.56. The van der Waals surface area contributed by atoms with Crippen molar-refractivity contribution in [2.75, 3.05) is 21.3 Å². The van der Waals surface area contributed by atoms with E-state index in [0.717, 1.165) is 16.7 Å². The Bertz CT molecular complexity index is 964. The second-order valence-corrected chi connectivity index (χ2v) is 6.78. The van der Waals surface area contributed by atoms with Gasteiger partial charge in [0.05, 0.1) is 21.3 Å². The number of methoxy groups -OCH3 is 3. The molecule has 0 unspecified atom stereocenters. The second kappa shape index (κ2) is 6.74. The predicted molar refractivity (Wildman–Crippen MR) is 101 cm³/mol. The van der Waals surface area contributed by atoms with Crippen LogP contribution >= 0.6 is 0 Å². The molecule has 1 fully saturated rings. The summed E-state index contributed by atoms with van der Waals surface area (Å²) in [6.07, 6.45) is 1.12. The van der Waals surface area contributed by atoms with E-state index >= 15 is 0 Å². The van der Waals surface area contributed by atoms with Gasteiger partial charge in [0.1, 0.15) is 0 Å². The van der Waals surface area contributed by atoms with Crippen LogP contribution in [0, 0.1) is 0 Å². The first-order valence-electron chi connectivity index (χ1n) is 8.97. The lowest BCUT2D eigenvalue weighted by atomic mass is 9.95. The summed E-state index contributed by atoms with van der Waals surface area (Å²) in [5.41, 5.74) is 2.06. The van der Waals surface area contributed by atoms with E-state index in [-0.39, 0.29) is 5.91 Å². The molecule has 146 valence electrons. The summed E-state index contributed by atoms with van der Waals surface area (Å²) < 4.78 is 22.1. The van der Waals surface area contributed by atoms with Gasteiger partial charge < -0.3 is 24.3 Å². The van der Waals surface area contributed by atoms with Gasteiger partial charge in [0.15, 0.2) is 11.5 Å². The number of ether oxygens (including phenoxy) is 4. The van der Waals surface area contributed by atoms with Gasteiger partial charge in [0.25, 0.3) is 5.91 Å². The number of esters is 1. The molecule has 0 saturated heterocycles. The minimum atomic E-state index is -1.02. The zero-order chi connectivity index (χ0) is 19.9. The van der Waals surface area contributed by atoms with E-state index in [4.69, 9.17) is 18.9 Å². The molecule has 1 saturated carbocycles. The lowest BCUT2D eigenvalue weighted by Crippen LogP contribution is -2.31. The van der Waals surface area contributed by atoms with Crippen molar-refractivity contribution in [1.29, 1.82) is 0 Å². The van der Waals surface area contributed by atoms with Crippen molar-refractivity contribution in [2.45, 2.75) is 25.0 Å². The topological polar surface area (TPSA) is 83.1 Å². The Morgan fingerprint density at radius 1 is 0.964 bits per heavy atom. The molecule has 1 N–H and O–H groups in total. The van der Waals surface area contributed by atoms with Crippen molar-refractivity contribution >= 4 is 11.9 Å². The third-order valence-corrected chi connectivity index (χ3v) is 5.20. The lowest BCUT2D eigenvalue weighted by Gasteiger charge is -2.22. The van der Waals surface area contributed by atoms with Crippen LogP contribution in [-0.2, 0) is 16.1 Å². The molecule has 0 atom stereocenters. The highest BCUT2D eigenvalue weighted by Crippen LogP contribution is 2.51. The van der Waals surface area contributed by atoms with E-state index in [1.165, 1.54) is 21.3 Å². The first-order chi connectivity index (χ1) is 13.5. The maximum atomic E-state index is 12.3. The number of amides is 1. The zero-order valence-corrected chi connectivity index (χ0v) is 16.0. The molecule has 2 aliphatic rings. The monoisotopic (exact) mass is 383 g/mol. The maximum Gasteiger partial charge on any atom is 0.350 e. The van der Waals surface area contributed by atoms with Crippen molar-refractivity contribution < 1.29 is 28.5 Å². The molecule has 1 aliphatic heterocycles. The summed E-state index contributed by atoms with van der Waals surface area (Å²) in [4.78, 5) is 24.3. The van der Waals surface area contributed by atoms with Gasteiger partial charge in [-0.1, -0.05) is 12.1 Å². The predicted octanol–water partition coefficient (Wildman–Crippen LogP) is 2.70. The van der Waals surface area contributed by atoms with Crippen molar-refractivity contribution in [3.63, 3.8) is 0 Å². The SMILES string of the molecule is COC(=O)C1(Oc2c(-c3cccc4c3CNC4=O)ccc(OC)c2OC)CC1. The van der Waals surface area contributed by atoms with Crippen LogP contribution in [0.15, 0.2) is 30.3 Å². The molecule has 7 nitrogen and oxygen atoms in total. The molecule has 1 aliphatic carbocycles. The lowest BCUT2D eigenvalue weighted by molar-refractivity contribution is -0.151. The van der Waals surface area contributed by atoms with Crippen LogP contribution in [0.25, 0.3) is 11.1 Å². The van der Waals surface area contributed by atoms with Gasteiger partial charge in [0.2, 0.25) is 11.4 Å². The Morgan fingerprint density at radius 2 is 1.71 bits per heavy atom. The van der Waals surface area contributed by atoms with Gasteiger partial charge in [-0.15, -0.1) is 0 Å². The standard InChI is InChI=1S/C21H21NO6/c1-25-16-8-7-13(12-5-4-6-14-15(12)11-22-19(14)23)17(18(16)26-2)28-21(9-10-21)20(24)27-3/h4-8H,9-11H2,1-3H3,(H,22,23). The van der Waals surface area contributed by atoms with E-state index in [1.807, 2.05) is 18.2 Å². The molecule has 0 radical (unpaired) electrons. The fraction of sp³-hybridized carbons (Fsp3) is 0.333. The fourth-order valence-corrected chi connectivity index (χ4v) is 3.56. The van der Waals surface area contributed by atoms with Gasteiger partial charge in [-0.05, 0) is 29.3 Å². The van der Waals surface area contributed by atoms with Crippen molar-refractivity contribution in [3.05, 3.63) is 41.5 Å². The molecule has 4 rings (SSSR count). The van der Waals surface area contributed by atoms with Crippen LogP contribution in [-0.4, -0.2) is 38.8 Å². The quantitative estimate of drug-likeness (QED) is 0.773. The molecular formula is C21H21NO6. The van der Waals surface area contributed by atoms with Crippen LogP contribution in [0.3, 0.4) is 0 Å². The number of fused-ring (bicyclic) bond motifs is 1. The van der Waals surface area contributed by atoms with Gasteiger partial charge in [-0.2, -0.15) is 0 Å². The number of carbonyl (C=O) groups is 2. The summed E-state index contributed by atoms with van der Waals surface area (Å²) in [6, 6.07) is 9.17. The number of hydrogen-bond donors (Lipinski definition) is 1. The third-order valence-electron chi connectivity index (χ3n) is 5.20. The summed E-state index contributed by atoms with van der Waals surface area (Å²) in [7, 11) is 4.40. The Hall–Kier alpha value is -3.22. The number of hydrogen-bond acceptors (Lipinski definition) is 6. The molecule has 1 heterocycles. The maximum absolute atomic E-state index is 12.3. The summed E-state index contributed by atoms with van der Waals surface area (Å²) in [5, 5.41) is 2.84. The van der Waals surface area contributed by atoms with Crippen molar-refractivity contribution in [3.8, 4) is 28.4 Å². The highest BCUT2D eigenvalue weighted by molar-refractivity contribution is 6.01. The van der Waals surface area contributed by atoms with Crippen LogP contribution in [0.2, 0.25) is 0 Å². The molecule has 1 amide bonds. The smallest absolute Gasteiger partial charge is 0.350 e. The summed E-state index contributed by atoms with van der Waals surface area (Å²) >= 11 is 0. The number of carbonyl (C=O) groups excluding carboxylic acids is 2. The molecule has 28 heavy (non-hydrogen) atoms. The molecular weight excluding hydrogens is 362 g/mol. The van der Waals surface area contributed by atoms with Gasteiger partial charge in [-0.25, -0.2) is 4.79 Å². The molecule has 7 heteroatoms. The molecule has 0 spiro atoms. The van der Waals surface area contributed by atoms with Gasteiger partial charge in [0, 0.05) is 30.5 Å². The number of benzene rings is 2. The molecule has 0 bridgehead atoms. The van der Waals surface area contributed by atoms with Crippen molar-refractivity contribution in [1.82, 2.24) is 5.32 Å². The largest absolute Gasteiger partial charge is 0.493 e. The Morgan fingerprint density at radius 3 is 2.36 bits per heavy atom. The van der Waals surface area contributed by atoms with Gasteiger partial charge >= 0.3 is 5.97 Å². The first kappa shape index (κ1) is 18.2. The molecule has 2 aromatic rings. The number of nitrogens with one attached hydrogen (secondary N) is 1. The second-order valence-electron chi connectivity index (χ2n) is 6.78. The summed E-state index contributed by atoms with van der Waals surface area (Å²) in [5.74, 6) is 0.762. The zero-order valence-electron chi connectivity index (χ0n) is 16.0. The van der Waals surface area contributed by atoms with E-state index in [1.54, 1.807) is 12.1 Å². The minimum absolute atomic E-state index is 0.104. The van der Waals surface area contributed by atoms with Crippen LogP contribution < -0.4 is 19.5 Å². The van der Waals surface area contributed by atoms with Crippen LogP contribution in [0.5, 0.6) is 17.2 Å². The Labute approximate surface area is 162 Å².